The van der Waals surface area contributed by atoms with Crippen LogP contribution in [-0.2, 0) is 4.79 Å². The molecule has 1 atom stereocenters. The van der Waals surface area contributed by atoms with E-state index in [9.17, 15) is 14.0 Å². The lowest BCUT2D eigenvalue weighted by molar-refractivity contribution is -0.116. The average Bonchev–Trinajstić information content (AvgIpc) is 2.89. The molecular formula is C27H23FN4O2S. The minimum absolute atomic E-state index is 0.00487. The van der Waals surface area contributed by atoms with Gasteiger partial charge in [-0.1, -0.05) is 54.2 Å². The van der Waals surface area contributed by atoms with Crippen LogP contribution in [0.25, 0.3) is 10.9 Å². The Bertz CT molecular complexity index is 1430. The molecule has 0 aliphatic rings. The largest absolute Gasteiger partial charge is 0.311 e. The van der Waals surface area contributed by atoms with Gasteiger partial charge < -0.3 is 4.90 Å². The standard InChI is InChI=1S/C27H23FN4O2S/c1-19(20-8-3-2-4-9-20)32-26(34)23-10-5-6-11-24(23)30-27(32)35-18-25(33)31(17-7-16-29)22-14-12-21(28)13-15-22/h2-6,8-15,19H,7,17-18H2,1H3. The first-order chi connectivity index (χ1) is 17.0. The maximum Gasteiger partial charge on any atom is 0.262 e. The van der Waals surface area contributed by atoms with Crippen LogP contribution in [0.15, 0.2) is 88.8 Å². The van der Waals surface area contributed by atoms with Crippen LogP contribution in [0.2, 0.25) is 0 Å². The van der Waals surface area contributed by atoms with Gasteiger partial charge in [0.25, 0.3) is 5.56 Å². The van der Waals surface area contributed by atoms with E-state index in [1.807, 2.05) is 49.4 Å². The number of para-hydroxylation sites is 1. The van der Waals surface area contributed by atoms with Gasteiger partial charge in [0.1, 0.15) is 5.82 Å². The zero-order chi connectivity index (χ0) is 24.8. The van der Waals surface area contributed by atoms with E-state index in [2.05, 4.69) is 0 Å². The maximum atomic E-state index is 13.5. The topological polar surface area (TPSA) is 79.0 Å². The first kappa shape index (κ1) is 24.2. The average molecular weight is 487 g/mol. The molecule has 0 saturated carbocycles. The zero-order valence-corrected chi connectivity index (χ0v) is 19.9. The number of rotatable bonds is 8. The van der Waals surface area contributed by atoms with E-state index < -0.39 is 5.82 Å². The number of aromatic nitrogens is 2. The van der Waals surface area contributed by atoms with Gasteiger partial charge in [-0.15, -0.1) is 0 Å². The number of halogens is 1. The van der Waals surface area contributed by atoms with Crippen LogP contribution < -0.4 is 10.5 Å². The number of hydrogen-bond acceptors (Lipinski definition) is 5. The van der Waals surface area contributed by atoms with Gasteiger partial charge in [0.2, 0.25) is 5.91 Å². The Morgan fingerprint density at radius 1 is 1.09 bits per heavy atom. The summed E-state index contributed by atoms with van der Waals surface area (Å²) in [5.41, 5.74) is 1.83. The number of nitrogens with zero attached hydrogens (tertiary/aromatic N) is 4. The molecule has 176 valence electrons. The van der Waals surface area contributed by atoms with Gasteiger partial charge in [0.05, 0.1) is 35.2 Å². The maximum absolute atomic E-state index is 13.5. The van der Waals surface area contributed by atoms with E-state index in [4.69, 9.17) is 10.2 Å². The third-order valence-electron chi connectivity index (χ3n) is 5.66. The molecule has 0 saturated heterocycles. The van der Waals surface area contributed by atoms with Gasteiger partial charge >= 0.3 is 0 Å². The van der Waals surface area contributed by atoms with Crippen LogP contribution in [-0.4, -0.2) is 27.8 Å². The highest BCUT2D eigenvalue weighted by atomic mass is 32.2. The third kappa shape index (κ3) is 5.42. The van der Waals surface area contributed by atoms with Crippen LogP contribution in [0, 0.1) is 17.1 Å². The second-order valence-corrected chi connectivity index (χ2v) is 8.83. The van der Waals surface area contributed by atoms with Crippen LogP contribution >= 0.6 is 11.8 Å². The number of carbonyl (C=O) groups excluding carboxylic acids is 1. The van der Waals surface area contributed by atoms with Gasteiger partial charge in [-0.25, -0.2) is 9.37 Å². The number of anilines is 1. The Morgan fingerprint density at radius 2 is 1.77 bits per heavy atom. The summed E-state index contributed by atoms with van der Waals surface area (Å²) < 4.78 is 15.0. The zero-order valence-electron chi connectivity index (χ0n) is 19.1. The number of amides is 1. The highest BCUT2D eigenvalue weighted by molar-refractivity contribution is 7.99. The molecule has 6 nitrogen and oxygen atoms in total. The van der Waals surface area contributed by atoms with E-state index in [0.717, 1.165) is 5.56 Å². The molecule has 0 spiro atoms. The summed E-state index contributed by atoms with van der Waals surface area (Å²) in [6.07, 6.45) is 0.137. The Hall–Kier alpha value is -3.96. The first-order valence-electron chi connectivity index (χ1n) is 11.1. The minimum Gasteiger partial charge on any atom is -0.311 e. The van der Waals surface area contributed by atoms with E-state index in [-0.39, 0.29) is 36.2 Å². The van der Waals surface area contributed by atoms with Crippen LogP contribution in [0.4, 0.5) is 10.1 Å². The first-order valence-corrected chi connectivity index (χ1v) is 12.1. The van der Waals surface area contributed by atoms with Crippen molar-refractivity contribution in [3.8, 4) is 6.07 Å². The molecule has 35 heavy (non-hydrogen) atoms. The normalized spacial score (nSPS) is 11.7. The molecule has 3 aromatic carbocycles. The summed E-state index contributed by atoms with van der Waals surface area (Å²) in [6, 6.07) is 24.1. The second-order valence-electron chi connectivity index (χ2n) is 7.89. The van der Waals surface area contributed by atoms with Gasteiger partial charge in [0.15, 0.2) is 5.16 Å². The number of hydrogen-bond donors (Lipinski definition) is 0. The predicted molar refractivity (Wildman–Crippen MR) is 136 cm³/mol. The van der Waals surface area contributed by atoms with Gasteiger partial charge in [-0.2, -0.15) is 5.26 Å². The highest BCUT2D eigenvalue weighted by Gasteiger charge is 2.21. The van der Waals surface area contributed by atoms with Crippen molar-refractivity contribution in [2.24, 2.45) is 0 Å². The fourth-order valence-electron chi connectivity index (χ4n) is 3.83. The molecule has 0 aliphatic carbocycles. The van der Waals surface area contributed by atoms with Crippen molar-refractivity contribution in [1.82, 2.24) is 9.55 Å². The van der Waals surface area contributed by atoms with Crippen molar-refractivity contribution in [2.75, 3.05) is 17.2 Å². The molecule has 0 aliphatic heterocycles. The highest BCUT2D eigenvalue weighted by Crippen LogP contribution is 2.26. The van der Waals surface area contributed by atoms with E-state index >= 15 is 0 Å². The van der Waals surface area contributed by atoms with Crippen LogP contribution in [0.5, 0.6) is 0 Å². The Labute approximate surface area is 206 Å². The number of nitriles is 1. The lowest BCUT2D eigenvalue weighted by atomic mass is 10.1. The molecule has 0 fully saturated rings. The SMILES string of the molecule is CC(c1ccccc1)n1c(SCC(=O)N(CCC#N)c2ccc(F)cc2)nc2ccccc2c1=O. The van der Waals surface area contributed by atoms with E-state index in [0.29, 0.717) is 21.7 Å². The fourth-order valence-corrected chi connectivity index (χ4v) is 4.79. The van der Waals surface area contributed by atoms with Crippen molar-refractivity contribution in [3.63, 3.8) is 0 Å². The molecule has 1 unspecified atom stereocenters. The monoisotopic (exact) mass is 486 g/mol. The summed E-state index contributed by atoms with van der Waals surface area (Å²) in [4.78, 5) is 32.8. The molecular weight excluding hydrogens is 463 g/mol. The summed E-state index contributed by atoms with van der Waals surface area (Å²) in [5, 5.41) is 9.97. The van der Waals surface area contributed by atoms with Gasteiger partial charge in [-0.05, 0) is 48.9 Å². The molecule has 1 amide bonds. The number of fused-ring (bicyclic) bond motifs is 1. The van der Waals surface area contributed by atoms with Crippen molar-refractivity contribution in [2.45, 2.75) is 24.5 Å². The van der Waals surface area contributed by atoms with E-state index in [1.54, 1.807) is 22.8 Å². The van der Waals surface area contributed by atoms with Crippen LogP contribution in [0.3, 0.4) is 0 Å². The summed E-state index contributed by atoms with van der Waals surface area (Å²) in [7, 11) is 0. The molecule has 4 rings (SSSR count). The van der Waals surface area contributed by atoms with Crippen molar-refractivity contribution in [3.05, 3.63) is 101 Å². The fraction of sp³-hybridized carbons (Fsp3) is 0.185. The summed E-state index contributed by atoms with van der Waals surface area (Å²) >= 11 is 1.17. The summed E-state index contributed by atoms with van der Waals surface area (Å²) in [5.74, 6) is -0.678. The summed E-state index contributed by atoms with van der Waals surface area (Å²) in [6.45, 7) is 2.11. The lowest BCUT2D eigenvalue weighted by Gasteiger charge is -2.23. The number of carbonyl (C=O) groups is 1. The van der Waals surface area contributed by atoms with E-state index in [1.165, 1.54) is 40.9 Å². The smallest absolute Gasteiger partial charge is 0.262 e. The Balaban J connectivity index is 1.68. The molecule has 0 N–H and O–H groups in total. The molecule has 0 radical (unpaired) electrons. The molecule has 1 aromatic heterocycles. The van der Waals surface area contributed by atoms with Crippen LogP contribution in [0.1, 0.15) is 24.9 Å². The van der Waals surface area contributed by atoms with Gasteiger partial charge in [0, 0.05) is 12.2 Å². The molecule has 4 aromatic rings. The number of benzene rings is 3. The van der Waals surface area contributed by atoms with Crippen molar-refractivity contribution >= 4 is 34.3 Å². The Morgan fingerprint density at radius 3 is 2.49 bits per heavy atom. The molecule has 0 bridgehead atoms. The molecule has 8 heteroatoms. The molecule has 1 heterocycles. The second kappa shape index (κ2) is 11.0. The lowest BCUT2D eigenvalue weighted by Crippen LogP contribution is -2.34. The predicted octanol–water partition coefficient (Wildman–Crippen LogP) is 5.18. The van der Waals surface area contributed by atoms with Crippen molar-refractivity contribution < 1.29 is 9.18 Å². The quantitative estimate of drug-likeness (QED) is 0.253. The minimum atomic E-state index is -0.407. The third-order valence-corrected chi connectivity index (χ3v) is 6.59. The number of thioether (sulfide) groups is 1. The Kier molecular flexibility index (Phi) is 7.58. The van der Waals surface area contributed by atoms with Crippen molar-refractivity contribution in [1.29, 1.82) is 5.26 Å². The van der Waals surface area contributed by atoms with Gasteiger partial charge in [-0.3, -0.25) is 14.2 Å².